The van der Waals surface area contributed by atoms with Gasteiger partial charge in [-0.05, 0) is 24.3 Å². The maximum Gasteiger partial charge on any atom is 0.309 e. The fraction of sp³-hybridized carbons (Fsp3) is 0.143. The molecule has 0 saturated heterocycles. The molecular weight excluding hydrogens is 276 g/mol. The van der Waals surface area contributed by atoms with Gasteiger partial charge in [-0.3, -0.25) is 19.7 Å². The maximum absolute atomic E-state index is 12.3. The quantitative estimate of drug-likeness (QED) is 0.513. The lowest BCUT2D eigenvalue weighted by molar-refractivity contribution is -0.384. The van der Waals surface area contributed by atoms with E-state index in [2.05, 4.69) is 0 Å². The highest BCUT2D eigenvalue weighted by atomic mass is 16.6. The van der Waals surface area contributed by atoms with Crippen molar-refractivity contribution in [2.24, 2.45) is 7.05 Å². The molecule has 0 spiro atoms. The average Bonchev–Trinajstić information content (AvgIpc) is 2.79. The third kappa shape index (κ3) is 2.97. The summed E-state index contributed by atoms with van der Waals surface area (Å²) in [7, 11) is 1.61. The zero-order valence-electron chi connectivity index (χ0n) is 11.1. The van der Waals surface area contributed by atoms with Crippen LogP contribution in [0.15, 0.2) is 36.4 Å². The highest BCUT2D eigenvalue weighted by molar-refractivity contribution is 6.08. The minimum absolute atomic E-state index is 0.0926. The summed E-state index contributed by atoms with van der Waals surface area (Å²) in [5.74, 6) is -1.30. The van der Waals surface area contributed by atoms with Crippen LogP contribution in [0.5, 0.6) is 0 Å². The third-order valence-electron chi connectivity index (χ3n) is 3.13. The van der Waals surface area contributed by atoms with Gasteiger partial charge in [0.15, 0.2) is 0 Å². The molecule has 0 amide bonds. The van der Waals surface area contributed by atoms with Crippen molar-refractivity contribution >= 4 is 17.4 Å². The van der Waals surface area contributed by atoms with E-state index in [4.69, 9.17) is 5.11 Å². The van der Waals surface area contributed by atoms with Crippen LogP contribution in [0.25, 0.3) is 0 Å². The molecule has 7 heteroatoms. The lowest BCUT2D eigenvalue weighted by Gasteiger charge is -2.05. The summed E-state index contributed by atoms with van der Waals surface area (Å²) in [6, 6.07) is 8.39. The fourth-order valence-electron chi connectivity index (χ4n) is 2.00. The number of non-ortho nitro benzene ring substituents is 1. The maximum atomic E-state index is 12.3. The topological polar surface area (TPSA) is 102 Å². The number of hydrogen-bond donors (Lipinski definition) is 1. The van der Waals surface area contributed by atoms with Crippen molar-refractivity contribution in [2.45, 2.75) is 6.42 Å². The summed E-state index contributed by atoms with van der Waals surface area (Å²) in [6.45, 7) is 0. The number of aliphatic carboxylic acids is 1. The molecular formula is C14H12N2O5. The van der Waals surface area contributed by atoms with E-state index >= 15 is 0 Å². The van der Waals surface area contributed by atoms with Crippen LogP contribution in [0.4, 0.5) is 5.69 Å². The molecule has 0 atom stereocenters. The summed E-state index contributed by atoms with van der Waals surface area (Å²) in [5.41, 5.74) is 1.06. The molecule has 1 N–H and O–H groups in total. The van der Waals surface area contributed by atoms with Gasteiger partial charge in [0.05, 0.1) is 17.0 Å². The molecule has 0 aliphatic rings. The van der Waals surface area contributed by atoms with Gasteiger partial charge < -0.3 is 9.67 Å². The fourth-order valence-corrected chi connectivity index (χ4v) is 2.00. The van der Waals surface area contributed by atoms with E-state index in [0.29, 0.717) is 17.0 Å². The van der Waals surface area contributed by atoms with E-state index in [1.807, 2.05) is 0 Å². The van der Waals surface area contributed by atoms with Crippen molar-refractivity contribution in [3.63, 3.8) is 0 Å². The Morgan fingerprint density at radius 2 is 1.81 bits per heavy atom. The van der Waals surface area contributed by atoms with Gasteiger partial charge in [0.2, 0.25) is 5.78 Å². The Morgan fingerprint density at radius 3 is 2.33 bits per heavy atom. The van der Waals surface area contributed by atoms with Crippen molar-refractivity contribution in [1.29, 1.82) is 0 Å². The standard InChI is InChI=1S/C14H12N2O5/c1-15-11(8-13(17)18)6-7-12(15)14(19)9-2-4-10(5-3-9)16(20)21/h2-7H,8H2,1H3,(H,17,18). The number of benzene rings is 1. The minimum atomic E-state index is -0.981. The molecule has 2 aromatic rings. The van der Waals surface area contributed by atoms with Crippen LogP contribution in [0, 0.1) is 10.1 Å². The molecule has 0 aliphatic heterocycles. The molecule has 0 bridgehead atoms. The summed E-state index contributed by atoms with van der Waals surface area (Å²) >= 11 is 0. The number of carbonyl (C=O) groups excluding carboxylic acids is 1. The van der Waals surface area contributed by atoms with Crippen LogP contribution >= 0.6 is 0 Å². The molecule has 0 fully saturated rings. The summed E-state index contributed by atoms with van der Waals surface area (Å²) in [6.07, 6.45) is -0.177. The molecule has 0 radical (unpaired) electrons. The van der Waals surface area contributed by atoms with Crippen LogP contribution in [0.3, 0.4) is 0 Å². The molecule has 1 aromatic heterocycles. The van der Waals surface area contributed by atoms with E-state index in [9.17, 15) is 19.7 Å². The molecule has 21 heavy (non-hydrogen) atoms. The molecule has 0 aliphatic carbocycles. The highest BCUT2D eigenvalue weighted by Crippen LogP contribution is 2.17. The Morgan fingerprint density at radius 1 is 1.19 bits per heavy atom. The zero-order chi connectivity index (χ0) is 15.6. The lowest BCUT2D eigenvalue weighted by Crippen LogP contribution is -2.11. The number of carboxylic acids is 1. The van der Waals surface area contributed by atoms with Crippen molar-refractivity contribution in [1.82, 2.24) is 4.57 Å². The zero-order valence-corrected chi connectivity index (χ0v) is 11.1. The molecule has 7 nitrogen and oxygen atoms in total. The number of aromatic nitrogens is 1. The van der Waals surface area contributed by atoms with Gasteiger partial charge in [-0.25, -0.2) is 0 Å². The van der Waals surface area contributed by atoms with E-state index in [-0.39, 0.29) is 17.9 Å². The number of nitro benzene ring substituents is 1. The van der Waals surface area contributed by atoms with Crippen molar-refractivity contribution in [3.05, 3.63) is 63.5 Å². The number of nitrogens with zero attached hydrogens (tertiary/aromatic N) is 2. The predicted octanol–water partition coefficient (Wildman–Crippen LogP) is 1.79. The second-order valence-electron chi connectivity index (χ2n) is 4.47. The van der Waals surface area contributed by atoms with Gasteiger partial charge in [-0.15, -0.1) is 0 Å². The Labute approximate surface area is 119 Å². The first kappa shape index (κ1) is 14.4. The van der Waals surface area contributed by atoms with Crippen LogP contribution in [-0.2, 0) is 18.3 Å². The van der Waals surface area contributed by atoms with Crippen molar-refractivity contribution in [3.8, 4) is 0 Å². The SMILES string of the molecule is Cn1c(CC(=O)O)ccc1C(=O)c1ccc([N+](=O)[O-])cc1. The minimum Gasteiger partial charge on any atom is -0.481 e. The summed E-state index contributed by atoms with van der Waals surface area (Å²) in [5, 5.41) is 19.3. The molecule has 2 rings (SSSR count). The largest absolute Gasteiger partial charge is 0.481 e. The first-order valence-electron chi connectivity index (χ1n) is 6.05. The summed E-state index contributed by atoms with van der Waals surface area (Å²) < 4.78 is 1.51. The second-order valence-corrected chi connectivity index (χ2v) is 4.47. The van der Waals surface area contributed by atoms with Gasteiger partial charge in [-0.2, -0.15) is 0 Å². The van der Waals surface area contributed by atoms with Crippen LogP contribution < -0.4 is 0 Å². The Bertz CT molecular complexity index is 715. The number of nitro groups is 1. The van der Waals surface area contributed by atoms with Crippen molar-refractivity contribution < 1.29 is 19.6 Å². The van der Waals surface area contributed by atoms with E-state index in [1.165, 1.54) is 28.8 Å². The van der Waals surface area contributed by atoms with Gasteiger partial charge in [-0.1, -0.05) is 0 Å². The first-order chi connectivity index (χ1) is 9.90. The predicted molar refractivity (Wildman–Crippen MR) is 73.3 cm³/mol. The smallest absolute Gasteiger partial charge is 0.309 e. The van der Waals surface area contributed by atoms with Crippen LogP contribution in [0.1, 0.15) is 21.7 Å². The van der Waals surface area contributed by atoms with Crippen molar-refractivity contribution in [2.75, 3.05) is 0 Å². The number of rotatable bonds is 5. The van der Waals surface area contributed by atoms with Crippen LogP contribution in [0.2, 0.25) is 0 Å². The Balaban J connectivity index is 2.29. The highest BCUT2D eigenvalue weighted by Gasteiger charge is 2.16. The molecule has 0 saturated carbocycles. The Kier molecular flexibility index (Phi) is 3.84. The van der Waals surface area contributed by atoms with E-state index in [1.54, 1.807) is 19.2 Å². The average molecular weight is 288 g/mol. The second kappa shape index (κ2) is 5.58. The number of carbonyl (C=O) groups is 2. The lowest BCUT2D eigenvalue weighted by atomic mass is 10.1. The van der Waals surface area contributed by atoms with E-state index in [0.717, 1.165) is 0 Å². The Hall–Kier alpha value is -2.96. The number of carboxylic acid groups (broad SMARTS) is 1. The molecule has 108 valence electrons. The normalized spacial score (nSPS) is 10.3. The number of ketones is 1. The first-order valence-corrected chi connectivity index (χ1v) is 6.05. The van der Waals surface area contributed by atoms with Crippen LogP contribution in [-0.4, -0.2) is 26.3 Å². The van der Waals surface area contributed by atoms with Gasteiger partial charge in [0.1, 0.15) is 0 Å². The number of hydrogen-bond acceptors (Lipinski definition) is 4. The monoisotopic (exact) mass is 288 g/mol. The van der Waals surface area contributed by atoms with Gasteiger partial charge >= 0.3 is 5.97 Å². The van der Waals surface area contributed by atoms with Gasteiger partial charge in [0, 0.05) is 30.4 Å². The summed E-state index contributed by atoms with van der Waals surface area (Å²) in [4.78, 5) is 33.1. The third-order valence-corrected chi connectivity index (χ3v) is 3.13. The van der Waals surface area contributed by atoms with Gasteiger partial charge in [0.25, 0.3) is 5.69 Å². The molecule has 1 aromatic carbocycles. The molecule has 1 heterocycles. The molecule has 0 unspecified atom stereocenters. The van der Waals surface area contributed by atoms with E-state index < -0.39 is 10.9 Å².